The zero-order chi connectivity index (χ0) is 16.4. The molecule has 0 amide bonds. The summed E-state index contributed by atoms with van der Waals surface area (Å²) in [6.07, 6.45) is -3.44. The SMILES string of the molecule is C[C@@H](c1nc(-c2ccccc2)no1)N1CCC[C@H](C(F)(F)F)C1. The van der Waals surface area contributed by atoms with Crippen LogP contribution in [0.25, 0.3) is 11.4 Å². The van der Waals surface area contributed by atoms with Gasteiger partial charge in [0.2, 0.25) is 11.7 Å². The first-order valence-electron chi connectivity index (χ1n) is 7.65. The van der Waals surface area contributed by atoms with Crippen molar-refractivity contribution in [3.63, 3.8) is 0 Å². The zero-order valence-electron chi connectivity index (χ0n) is 12.8. The van der Waals surface area contributed by atoms with Crippen molar-refractivity contribution in [3.05, 3.63) is 36.2 Å². The average molecular weight is 325 g/mol. The van der Waals surface area contributed by atoms with Crippen LogP contribution in [0, 0.1) is 5.92 Å². The number of aromatic nitrogens is 2. The molecule has 1 fully saturated rings. The summed E-state index contributed by atoms with van der Waals surface area (Å²) in [5.41, 5.74) is 0.821. The minimum absolute atomic E-state index is 0.0201. The van der Waals surface area contributed by atoms with Crippen LogP contribution in [0.2, 0.25) is 0 Å². The highest BCUT2D eigenvalue weighted by Crippen LogP contribution is 2.35. The molecule has 3 rings (SSSR count). The number of likely N-dealkylation sites (tertiary alicyclic amines) is 1. The van der Waals surface area contributed by atoms with E-state index in [0.29, 0.717) is 24.7 Å². The highest BCUT2D eigenvalue weighted by molar-refractivity contribution is 5.53. The highest BCUT2D eigenvalue weighted by Gasteiger charge is 2.43. The summed E-state index contributed by atoms with van der Waals surface area (Å²) in [5, 5.41) is 3.94. The van der Waals surface area contributed by atoms with E-state index in [1.807, 2.05) is 30.3 Å². The molecule has 4 nitrogen and oxygen atoms in total. The maximum atomic E-state index is 12.9. The van der Waals surface area contributed by atoms with Crippen LogP contribution in [-0.2, 0) is 0 Å². The molecule has 2 aromatic rings. The third-order valence-corrected chi connectivity index (χ3v) is 4.29. The van der Waals surface area contributed by atoms with Crippen molar-refractivity contribution in [1.82, 2.24) is 15.0 Å². The van der Waals surface area contributed by atoms with Gasteiger partial charge in [-0.05, 0) is 26.3 Å². The van der Waals surface area contributed by atoms with E-state index in [4.69, 9.17) is 4.52 Å². The Morgan fingerprint density at radius 2 is 2.00 bits per heavy atom. The Morgan fingerprint density at radius 3 is 2.70 bits per heavy atom. The Balaban J connectivity index is 1.73. The van der Waals surface area contributed by atoms with Gasteiger partial charge < -0.3 is 4.52 Å². The first-order chi connectivity index (χ1) is 10.9. The summed E-state index contributed by atoms with van der Waals surface area (Å²) in [5.74, 6) is -0.473. The first-order valence-corrected chi connectivity index (χ1v) is 7.65. The summed E-state index contributed by atoms with van der Waals surface area (Å²) < 4.78 is 44.1. The van der Waals surface area contributed by atoms with Crippen LogP contribution >= 0.6 is 0 Å². The fraction of sp³-hybridized carbons (Fsp3) is 0.500. The Kier molecular flexibility index (Phi) is 4.39. The quantitative estimate of drug-likeness (QED) is 0.853. The number of hydrogen-bond donors (Lipinski definition) is 0. The molecular formula is C16H18F3N3O. The molecule has 1 aliphatic rings. The van der Waals surface area contributed by atoms with Gasteiger partial charge in [-0.1, -0.05) is 35.5 Å². The molecule has 1 saturated heterocycles. The van der Waals surface area contributed by atoms with E-state index < -0.39 is 12.1 Å². The third kappa shape index (κ3) is 3.55. The van der Waals surface area contributed by atoms with Gasteiger partial charge in [0, 0.05) is 12.1 Å². The lowest BCUT2D eigenvalue weighted by molar-refractivity contribution is -0.188. The van der Waals surface area contributed by atoms with Crippen LogP contribution in [0.3, 0.4) is 0 Å². The maximum absolute atomic E-state index is 12.9. The molecule has 2 atom stereocenters. The van der Waals surface area contributed by atoms with Crippen LogP contribution < -0.4 is 0 Å². The molecule has 0 aliphatic carbocycles. The lowest BCUT2D eigenvalue weighted by Gasteiger charge is -2.36. The second kappa shape index (κ2) is 6.31. The van der Waals surface area contributed by atoms with E-state index in [-0.39, 0.29) is 19.0 Å². The summed E-state index contributed by atoms with van der Waals surface area (Å²) >= 11 is 0. The summed E-state index contributed by atoms with van der Waals surface area (Å²) in [7, 11) is 0. The Morgan fingerprint density at radius 1 is 1.26 bits per heavy atom. The Bertz CT molecular complexity index is 642. The van der Waals surface area contributed by atoms with E-state index >= 15 is 0 Å². The fourth-order valence-electron chi connectivity index (χ4n) is 2.89. The first kappa shape index (κ1) is 16.0. The topological polar surface area (TPSA) is 42.2 Å². The van der Waals surface area contributed by atoms with Gasteiger partial charge in [-0.3, -0.25) is 4.90 Å². The number of nitrogens with zero attached hydrogens (tertiary/aromatic N) is 3. The number of hydrogen-bond acceptors (Lipinski definition) is 4. The summed E-state index contributed by atoms with van der Waals surface area (Å²) in [6, 6.07) is 9.02. The molecule has 0 bridgehead atoms. The molecule has 2 heterocycles. The molecule has 0 unspecified atom stereocenters. The van der Waals surface area contributed by atoms with Gasteiger partial charge >= 0.3 is 6.18 Å². The van der Waals surface area contributed by atoms with Gasteiger partial charge in [-0.25, -0.2) is 0 Å². The standard InChI is InChI=1S/C16H18F3N3O/c1-11(22-9-5-8-13(10-22)16(17,18)19)15-20-14(21-23-15)12-6-3-2-4-7-12/h2-4,6-7,11,13H,5,8-10H2,1H3/t11-,13-/m0/s1. The van der Waals surface area contributed by atoms with Crippen molar-refractivity contribution in [2.75, 3.05) is 13.1 Å². The van der Waals surface area contributed by atoms with Crippen LogP contribution in [0.1, 0.15) is 31.7 Å². The van der Waals surface area contributed by atoms with Crippen molar-refractivity contribution in [1.29, 1.82) is 0 Å². The predicted octanol–water partition coefficient (Wildman–Crippen LogP) is 4.07. The zero-order valence-corrected chi connectivity index (χ0v) is 12.8. The van der Waals surface area contributed by atoms with Crippen molar-refractivity contribution < 1.29 is 17.7 Å². The number of halogens is 3. The van der Waals surface area contributed by atoms with Crippen molar-refractivity contribution in [2.45, 2.75) is 32.0 Å². The molecule has 7 heteroatoms. The highest BCUT2D eigenvalue weighted by atomic mass is 19.4. The number of alkyl halides is 3. The Labute approximate surface area is 132 Å². The van der Waals surface area contributed by atoms with E-state index in [2.05, 4.69) is 10.1 Å². The van der Waals surface area contributed by atoms with Gasteiger partial charge in [-0.15, -0.1) is 0 Å². The van der Waals surface area contributed by atoms with Crippen molar-refractivity contribution in [3.8, 4) is 11.4 Å². The normalized spacial score (nSPS) is 21.3. The summed E-state index contributed by atoms with van der Waals surface area (Å²) in [6.45, 7) is 2.39. The molecule has 0 spiro atoms. The molecule has 1 aromatic carbocycles. The molecule has 23 heavy (non-hydrogen) atoms. The smallest absolute Gasteiger partial charge is 0.337 e. The van der Waals surface area contributed by atoms with Gasteiger partial charge in [0.15, 0.2) is 0 Å². The predicted molar refractivity (Wildman–Crippen MR) is 78.5 cm³/mol. The van der Waals surface area contributed by atoms with Crippen LogP contribution in [-0.4, -0.2) is 34.3 Å². The molecular weight excluding hydrogens is 307 g/mol. The second-order valence-electron chi connectivity index (χ2n) is 5.87. The third-order valence-electron chi connectivity index (χ3n) is 4.29. The molecule has 0 saturated carbocycles. The fourth-order valence-corrected chi connectivity index (χ4v) is 2.89. The molecule has 124 valence electrons. The lowest BCUT2D eigenvalue weighted by Crippen LogP contribution is -2.42. The minimum Gasteiger partial charge on any atom is -0.337 e. The van der Waals surface area contributed by atoms with Crippen LogP contribution in [0.5, 0.6) is 0 Å². The monoisotopic (exact) mass is 325 g/mol. The van der Waals surface area contributed by atoms with E-state index in [1.165, 1.54) is 0 Å². The van der Waals surface area contributed by atoms with E-state index in [1.54, 1.807) is 11.8 Å². The van der Waals surface area contributed by atoms with Gasteiger partial charge in [0.1, 0.15) is 0 Å². The van der Waals surface area contributed by atoms with E-state index in [9.17, 15) is 13.2 Å². The molecule has 1 aromatic heterocycles. The van der Waals surface area contributed by atoms with Gasteiger partial charge in [0.25, 0.3) is 0 Å². The number of benzene rings is 1. The molecule has 1 aliphatic heterocycles. The van der Waals surface area contributed by atoms with Gasteiger partial charge in [-0.2, -0.15) is 18.2 Å². The van der Waals surface area contributed by atoms with Crippen LogP contribution in [0.4, 0.5) is 13.2 Å². The number of rotatable bonds is 3. The molecule has 0 N–H and O–H groups in total. The van der Waals surface area contributed by atoms with E-state index in [0.717, 1.165) is 5.56 Å². The van der Waals surface area contributed by atoms with Gasteiger partial charge in [0.05, 0.1) is 12.0 Å². The average Bonchev–Trinajstić information content (AvgIpc) is 3.04. The Hall–Kier alpha value is -1.89. The largest absolute Gasteiger partial charge is 0.393 e. The van der Waals surface area contributed by atoms with Crippen molar-refractivity contribution >= 4 is 0 Å². The minimum atomic E-state index is -4.15. The van der Waals surface area contributed by atoms with Crippen molar-refractivity contribution in [2.24, 2.45) is 5.92 Å². The number of piperidine rings is 1. The maximum Gasteiger partial charge on any atom is 0.393 e. The summed E-state index contributed by atoms with van der Waals surface area (Å²) in [4.78, 5) is 6.11. The second-order valence-corrected chi connectivity index (χ2v) is 5.87. The molecule has 0 radical (unpaired) electrons. The van der Waals surface area contributed by atoms with Crippen LogP contribution in [0.15, 0.2) is 34.9 Å². The lowest BCUT2D eigenvalue weighted by atomic mass is 9.96.